The first-order chi connectivity index (χ1) is 5.24. The van der Waals surface area contributed by atoms with Gasteiger partial charge >= 0.3 is 0 Å². The molecule has 0 aliphatic rings. The Hall–Kier alpha value is -1.10. The van der Waals surface area contributed by atoms with E-state index in [2.05, 4.69) is 0 Å². The van der Waals surface area contributed by atoms with Gasteiger partial charge in [-0.1, -0.05) is 12.1 Å². The predicted molar refractivity (Wildman–Crippen MR) is 47.1 cm³/mol. The first-order valence-corrected chi connectivity index (χ1v) is 3.41. The molecular formula is C8H14N2O2. The molecule has 0 bridgehead atoms. The summed E-state index contributed by atoms with van der Waals surface area (Å²) in [5, 5.41) is 18.1. The van der Waals surface area contributed by atoms with Crippen LogP contribution < -0.4 is 11.9 Å². The molecule has 4 heteroatoms. The summed E-state index contributed by atoms with van der Waals surface area (Å²) in [5.41, 5.74) is 5.96. The molecule has 1 rings (SSSR count). The van der Waals surface area contributed by atoms with E-state index < -0.39 is 6.10 Å². The van der Waals surface area contributed by atoms with E-state index in [0.29, 0.717) is 0 Å². The molecule has 4 nitrogen and oxygen atoms in total. The Morgan fingerprint density at radius 3 is 2.17 bits per heavy atom. The summed E-state index contributed by atoms with van der Waals surface area (Å²) in [6, 6.07) is 6.34. The van der Waals surface area contributed by atoms with E-state index in [0.717, 1.165) is 5.56 Å². The van der Waals surface area contributed by atoms with E-state index in [9.17, 15) is 5.11 Å². The fourth-order valence-corrected chi connectivity index (χ4v) is 0.833. The number of hydrogen-bond acceptors (Lipinski definition) is 4. The maximum Gasteiger partial charge on any atom is 0.115 e. The molecule has 1 atom stereocenters. The van der Waals surface area contributed by atoms with Crippen LogP contribution in [0.2, 0.25) is 0 Å². The fraction of sp³-hybridized carbons (Fsp3) is 0.250. The largest absolute Gasteiger partial charge is 0.508 e. The van der Waals surface area contributed by atoms with Gasteiger partial charge in [-0.05, 0) is 17.7 Å². The molecule has 7 N–H and O–H groups in total. The Bertz CT molecular complexity index is 223. The lowest BCUT2D eigenvalue weighted by Gasteiger charge is -2.06. The van der Waals surface area contributed by atoms with Crippen molar-refractivity contribution < 1.29 is 10.2 Å². The molecule has 0 heterocycles. The minimum atomic E-state index is -0.629. The molecule has 0 fully saturated rings. The average molecular weight is 170 g/mol. The van der Waals surface area contributed by atoms with Gasteiger partial charge in [-0.2, -0.15) is 0 Å². The van der Waals surface area contributed by atoms with Gasteiger partial charge in [0.15, 0.2) is 0 Å². The quantitative estimate of drug-likeness (QED) is 0.520. The van der Waals surface area contributed by atoms with Crippen LogP contribution in [0.1, 0.15) is 11.7 Å². The maximum atomic E-state index is 9.21. The second-order valence-electron chi connectivity index (χ2n) is 2.34. The van der Waals surface area contributed by atoms with Crippen LogP contribution in [0.25, 0.3) is 0 Å². The normalized spacial score (nSPS) is 11.8. The third kappa shape index (κ3) is 2.50. The van der Waals surface area contributed by atoms with Crippen molar-refractivity contribution in [3.8, 4) is 5.75 Å². The minimum absolute atomic E-state index is 0. The van der Waals surface area contributed by atoms with E-state index in [1.54, 1.807) is 12.1 Å². The molecule has 0 aromatic heterocycles. The summed E-state index contributed by atoms with van der Waals surface area (Å²) >= 11 is 0. The highest BCUT2D eigenvalue weighted by atomic mass is 16.3. The monoisotopic (exact) mass is 170 g/mol. The molecule has 1 aromatic carbocycles. The molecule has 68 valence electrons. The lowest BCUT2D eigenvalue weighted by atomic mass is 10.1. The van der Waals surface area contributed by atoms with Crippen molar-refractivity contribution in [3.05, 3.63) is 29.8 Å². The summed E-state index contributed by atoms with van der Waals surface area (Å²) in [5.74, 6) is 0.193. The molecule has 0 spiro atoms. The van der Waals surface area contributed by atoms with E-state index in [1.165, 1.54) is 12.1 Å². The Morgan fingerprint density at radius 2 is 1.75 bits per heavy atom. The summed E-state index contributed by atoms with van der Waals surface area (Å²) in [4.78, 5) is 0. The molecule has 0 amide bonds. The highest BCUT2D eigenvalue weighted by Crippen LogP contribution is 2.15. The number of hydrogen-bond donors (Lipinski definition) is 4. The van der Waals surface area contributed by atoms with Gasteiger partial charge in [0.2, 0.25) is 0 Å². The van der Waals surface area contributed by atoms with Crippen molar-refractivity contribution in [1.82, 2.24) is 6.15 Å². The van der Waals surface area contributed by atoms with E-state index in [-0.39, 0.29) is 18.4 Å². The van der Waals surface area contributed by atoms with Crippen LogP contribution in [0.5, 0.6) is 5.75 Å². The van der Waals surface area contributed by atoms with E-state index in [1.807, 2.05) is 0 Å². The number of rotatable bonds is 2. The third-order valence-electron chi connectivity index (χ3n) is 1.50. The number of phenols is 1. The topological polar surface area (TPSA) is 101 Å². The van der Waals surface area contributed by atoms with Gasteiger partial charge < -0.3 is 22.1 Å². The number of aliphatic hydroxyl groups excluding tert-OH is 1. The van der Waals surface area contributed by atoms with Crippen LogP contribution in [-0.4, -0.2) is 16.8 Å². The number of benzene rings is 1. The van der Waals surface area contributed by atoms with Crippen molar-refractivity contribution in [3.63, 3.8) is 0 Å². The van der Waals surface area contributed by atoms with Gasteiger partial charge in [0.05, 0.1) is 6.10 Å². The van der Waals surface area contributed by atoms with Gasteiger partial charge in [-0.15, -0.1) is 0 Å². The van der Waals surface area contributed by atoms with E-state index in [4.69, 9.17) is 10.8 Å². The molecule has 1 unspecified atom stereocenters. The number of aliphatic hydroxyl groups is 1. The standard InChI is InChI=1S/C8H11NO2.H3N/c9-5-8(11)6-1-3-7(10)4-2-6;/h1-4,8,10-11H,5,9H2;1H3. The molecule has 12 heavy (non-hydrogen) atoms. The zero-order chi connectivity index (χ0) is 8.27. The van der Waals surface area contributed by atoms with Crippen LogP contribution in [-0.2, 0) is 0 Å². The highest BCUT2D eigenvalue weighted by molar-refractivity contribution is 5.27. The van der Waals surface area contributed by atoms with Crippen molar-refractivity contribution in [2.45, 2.75) is 6.10 Å². The molecule has 0 aliphatic heterocycles. The minimum Gasteiger partial charge on any atom is -0.508 e. The first kappa shape index (κ1) is 10.9. The number of phenolic OH excluding ortho intramolecular Hbond substituents is 1. The Balaban J connectivity index is 0.00000121. The van der Waals surface area contributed by atoms with E-state index >= 15 is 0 Å². The first-order valence-electron chi connectivity index (χ1n) is 3.41. The Labute approximate surface area is 71.2 Å². The number of nitrogens with two attached hydrogens (primary N) is 1. The summed E-state index contributed by atoms with van der Waals surface area (Å²) in [6.45, 7) is 0.199. The average Bonchev–Trinajstić information content (AvgIpc) is 2.05. The van der Waals surface area contributed by atoms with Crippen LogP contribution >= 0.6 is 0 Å². The molecular weight excluding hydrogens is 156 g/mol. The lowest BCUT2D eigenvalue weighted by Crippen LogP contribution is -2.10. The van der Waals surface area contributed by atoms with Gasteiger partial charge in [-0.3, -0.25) is 0 Å². The van der Waals surface area contributed by atoms with Gasteiger partial charge in [0.1, 0.15) is 5.75 Å². The zero-order valence-corrected chi connectivity index (χ0v) is 6.77. The lowest BCUT2D eigenvalue weighted by molar-refractivity contribution is 0.186. The molecule has 0 aliphatic carbocycles. The van der Waals surface area contributed by atoms with Crippen molar-refractivity contribution in [1.29, 1.82) is 0 Å². The second kappa shape index (κ2) is 4.71. The second-order valence-corrected chi connectivity index (χ2v) is 2.34. The van der Waals surface area contributed by atoms with Crippen LogP contribution in [0.3, 0.4) is 0 Å². The SMILES string of the molecule is N.NCC(O)c1ccc(O)cc1. The molecule has 0 radical (unpaired) electrons. The predicted octanol–water partition coefficient (Wildman–Crippen LogP) is 0.546. The van der Waals surface area contributed by atoms with Crippen LogP contribution in [0.15, 0.2) is 24.3 Å². The summed E-state index contributed by atoms with van der Waals surface area (Å²) in [6.07, 6.45) is -0.629. The fourth-order valence-electron chi connectivity index (χ4n) is 0.833. The Morgan fingerprint density at radius 1 is 1.25 bits per heavy atom. The van der Waals surface area contributed by atoms with Crippen molar-refractivity contribution in [2.75, 3.05) is 6.54 Å². The zero-order valence-electron chi connectivity index (χ0n) is 6.77. The van der Waals surface area contributed by atoms with Gasteiger partial charge in [-0.25, -0.2) is 0 Å². The summed E-state index contributed by atoms with van der Waals surface area (Å²) in [7, 11) is 0. The smallest absolute Gasteiger partial charge is 0.115 e. The number of aromatic hydroxyl groups is 1. The maximum absolute atomic E-state index is 9.21. The van der Waals surface area contributed by atoms with Gasteiger partial charge in [0.25, 0.3) is 0 Å². The Kier molecular flexibility index (Phi) is 4.28. The molecule has 0 saturated heterocycles. The van der Waals surface area contributed by atoms with Crippen molar-refractivity contribution >= 4 is 0 Å². The van der Waals surface area contributed by atoms with Crippen molar-refractivity contribution in [2.24, 2.45) is 5.73 Å². The van der Waals surface area contributed by atoms with Crippen LogP contribution in [0, 0.1) is 0 Å². The molecule has 0 saturated carbocycles. The summed E-state index contributed by atoms with van der Waals surface area (Å²) < 4.78 is 0. The highest BCUT2D eigenvalue weighted by Gasteiger charge is 2.02. The van der Waals surface area contributed by atoms with Gasteiger partial charge in [0, 0.05) is 6.54 Å². The van der Waals surface area contributed by atoms with Crippen LogP contribution in [0.4, 0.5) is 0 Å². The third-order valence-corrected chi connectivity index (χ3v) is 1.50. The molecule has 1 aromatic rings.